The van der Waals surface area contributed by atoms with E-state index in [9.17, 15) is 9.59 Å². The summed E-state index contributed by atoms with van der Waals surface area (Å²) in [7, 11) is 1.50. The summed E-state index contributed by atoms with van der Waals surface area (Å²) in [5.41, 5.74) is 12.1. The fraction of sp³-hybridized carbons (Fsp3) is 0.190. The lowest BCUT2D eigenvalue weighted by molar-refractivity contribution is -0.119. The predicted octanol–water partition coefficient (Wildman–Crippen LogP) is 1.54. The Balaban J connectivity index is 2.13. The number of carbonyl (C=O) groups is 2. The van der Waals surface area contributed by atoms with Gasteiger partial charge in [0.1, 0.15) is 17.5 Å². The second-order valence-corrected chi connectivity index (χ2v) is 6.43. The van der Waals surface area contributed by atoms with Crippen molar-refractivity contribution < 1.29 is 19.1 Å². The quantitative estimate of drug-likeness (QED) is 0.489. The monoisotopic (exact) mass is 424 g/mol. The van der Waals surface area contributed by atoms with E-state index in [1.807, 2.05) is 0 Å². The van der Waals surface area contributed by atoms with Crippen LogP contribution in [0.15, 0.2) is 60.0 Å². The van der Waals surface area contributed by atoms with Gasteiger partial charge < -0.3 is 26.3 Å². The zero-order valence-electron chi connectivity index (χ0n) is 17.5. The lowest BCUT2D eigenvalue weighted by atomic mass is 10.1. The summed E-state index contributed by atoms with van der Waals surface area (Å²) in [6.07, 6.45) is 4.31. The minimum absolute atomic E-state index is 0.0273. The van der Waals surface area contributed by atoms with Crippen molar-refractivity contribution in [1.82, 2.24) is 15.3 Å². The largest absolute Gasteiger partial charge is 0.480 e. The van der Waals surface area contributed by atoms with Crippen LogP contribution in [0.2, 0.25) is 0 Å². The number of nitrogens with two attached hydrogens (primary N) is 2. The molecule has 10 heteroatoms. The van der Waals surface area contributed by atoms with Crippen molar-refractivity contribution in [2.75, 3.05) is 7.11 Å². The molecule has 0 aliphatic carbocycles. The van der Waals surface area contributed by atoms with Gasteiger partial charge in [-0.15, -0.1) is 0 Å². The van der Waals surface area contributed by atoms with E-state index in [0.717, 1.165) is 0 Å². The van der Waals surface area contributed by atoms with Crippen LogP contribution in [-0.2, 0) is 9.59 Å². The van der Waals surface area contributed by atoms with Crippen LogP contribution in [0.25, 0.3) is 5.70 Å². The normalized spacial score (nSPS) is 12.6. The molecule has 2 aromatic rings. The van der Waals surface area contributed by atoms with Gasteiger partial charge >= 0.3 is 0 Å². The summed E-state index contributed by atoms with van der Waals surface area (Å²) < 4.78 is 10.6. The maximum absolute atomic E-state index is 11.8. The van der Waals surface area contributed by atoms with Gasteiger partial charge in [-0.25, -0.2) is 15.0 Å². The molecule has 0 unspecified atom stereocenters. The number of hydrogen-bond donors (Lipinski definition) is 3. The number of primary amides is 2. The lowest BCUT2D eigenvalue weighted by Crippen LogP contribution is -2.38. The van der Waals surface area contributed by atoms with Crippen LogP contribution in [0, 0.1) is 0 Å². The Hall–Kier alpha value is -4.21. The van der Waals surface area contributed by atoms with Crippen LogP contribution in [0.1, 0.15) is 19.4 Å². The van der Waals surface area contributed by atoms with Gasteiger partial charge in [0, 0.05) is 5.70 Å². The average molecular weight is 424 g/mol. The van der Waals surface area contributed by atoms with Crippen LogP contribution in [-0.4, -0.2) is 40.6 Å². The molecule has 0 saturated carbocycles. The summed E-state index contributed by atoms with van der Waals surface area (Å²) >= 11 is 0. The standard InChI is InChI=1S/C21H24N6O4/c1-12(26-14(3)20(22)28)9-17(21(23)29)27-13(2)15-5-7-16(8-6-15)31-19-11-24-18(30-4)10-25-19/h5-11,14,26H,2H2,1,3-4H3,(H2,22,28)(H2,23,29)/b12-9+,27-17?/t14-/m0/s1. The van der Waals surface area contributed by atoms with Gasteiger partial charge in [0.25, 0.3) is 5.91 Å². The lowest BCUT2D eigenvalue weighted by Gasteiger charge is -2.12. The smallest absolute Gasteiger partial charge is 0.267 e. The predicted molar refractivity (Wildman–Crippen MR) is 116 cm³/mol. The number of rotatable bonds is 10. The number of aliphatic imine (C=N–C) groups is 1. The molecule has 1 heterocycles. The third-order valence-electron chi connectivity index (χ3n) is 3.96. The molecule has 0 fully saturated rings. The number of carbonyl (C=O) groups excluding carboxylic acids is 2. The molecule has 0 aliphatic rings. The van der Waals surface area contributed by atoms with E-state index in [4.69, 9.17) is 20.9 Å². The second-order valence-electron chi connectivity index (χ2n) is 6.43. The molecule has 1 aromatic heterocycles. The van der Waals surface area contributed by atoms with Gasteiger partial charge in [0.2, 0.25) is 17.7 Å². The van der Waals surface area contributed by atoms with E-state index in [1.54, 1.807) is 38.1 Å². The highest BCUT2D eigenvalue weighted by Gasteiger charge is 2.11. The van der Waals surface area contributed by atoms with Crippen molar-refractivity contribution in [2.24, 2.45) is 16.5 Å². The molecule has 2 rings (SSSR count). The number of amides is 2. The summed E-state index contributed by atoms with van der Waals surface area (Å²) in [4.78, 5) is 35.2. The number of allylic oxidation sites excluding steroid dienone is 1. The molecule has 0 saturated heterocycles. The van der Waals surface area contributed by atoms with Gasteiger partial charge in [-0.3, -0.25) is 9.59 Å². The Morgan fingerprint density at radius 1 is 1.16 bits per heavy atom. The van der Waals surface area contributed by atoms with Gasteiger partial charge in [-0.2, -0.15) is 0 Å². The van der Waals surface area contributed by atoms with E-state index in [2.05, 4.69) is 26.9 Å². The van der Waals surface area contributed by atoms with Crippen LogP contribution in [0.4, 0.5) is 0 Å². The summed E-state index contributed by atoms with van der Waals surface area (Å²) in [6, 6.07) is 6.23. The first-order valence-electron chi connectivity index (χ1n) is 9.15. The van der Waals surface area contributed by atoms with Crippen LogP contribution in [0.3, 0.4) is 0 Å². The maximum Gasteiger partial charge on any atom is 0.267 e. The minimum Gasteiger partial charge on any atom is -0.480 e. The first-order chi connectivity index (χ1) is 14.7. The second kappa shape index (κ2) is 10.5. The molecule has 2 amide bonds. The minimum atomic E-state index is -0.743. The van der Waals surface area contributed by atoms with Crippen molar-refractivity contribution in [1.29, 1.82) is 0 Å². The number of aromatic nitrogens is 2. The van der Waals surface area contributed by atoms with Crippen LogP contribution >= 0.6 is 0 Å². The topological polar surface area (TPSA) is 155 Å². The van der Waals surface area contributed by atoms with Crippen molar-refractivity contribution in [3.05, 3.63) is 60.6 Å². The van der Waals surface area contributed by atoms with Gasteiger partial charge in [0.05, 0.1) is 25.2 Å². The highest BCUT2D eigenvalue weighted by molar-refractivity contribution is 6.43. The van der Waals surface area contributed by atoms with Crippen LogP contribution in [0.5, 0.6) is 17.5 Å². The van der Waals surface area contributed by atoms with Crippen molar-refractivity contribution in [3.8, 4) is 17.5 Å². The number of ether oxygens (including phenoxy) is 2. The molecule has 31 heavy (non-hydrogen) atoms. The highest BCUT2D eigenvalue weighted by atomic mass is 16.5. The third-order valence-corrected chi connectivity index (χ3v) is 3.96. The molecule has 10 nitrogen and oxygen atoms in total. The highest BCUT2D eigenvalue weighted by Crippen LogP contribution is 2.23. The Bertz CT molecular complexity index is 1010. The fourth-order valence-corrected chi connectivity index (χ4v) is 2.33. The molecular formula is C21H24N6O4. The van der Waals surface area contributed by atoms with Gasteiger partial charge in [-0.05, 0) is 49.8 Å². The van der Waals surface area contributed by atoms with E-state index in [0.29, 0.717) is 34.5 Å². The Morgan fingerprint density at radius 2 is 1.77 bits per heavy atom. The molecule has 162 valence electrons. The Kier molecular flexibility index (Phi) is 7.84. The van der Waals surface area contributed by atoms with E-state index in [1.165, 1.54) is 25.6 Å². The fourth-order valence-electron chi connectivity index (χ4n) is 2.33. The van der Waals surface area contributed by atoms with Crippen molar-refractivity contribution >= 4 is 23.2 Å². The summed E-state index contributed by atoms with van der Waals surface area (Å²) in [6.45, 7) is 7.14. The number of benzene rings is 1. The van der Waals surface area contributed by atoms with Crippen LogP contribution < -0.4 is 26.3 Å². The molecule has 0 bridgehead atoms. The van der Waals surface area contributed by atoms with Gasteiger partial charge in [-0.1, -0.05) is 6.58 Å². The number of nitrogens with zero attached hydrogens (tertiary/aromatic N) is 3. The summed E-state index contributed by atoms with van der Waals surface area (Å²) in [5, 5.41) is 2.85. The molecule has 0 radical (unpaired) electrons. The van der Waals surface area contributed by atoms with E-state index in [-0.39, 0.29) is 5.71 Å². The number of nitrogens with one attached hydrogen (secondary N) is 1. The van der Waals surface area contributed by atoms with Crippen molar-refractivity contribution in [2.45, 2.75) is 19.9 Å². The molecule has 1 aromatic carbocycles. The zero-order valence-corrected chi connectivity index (χ0v) is 17.5. The third kappa shape index (κ3) is 6.96. The maximum atomic E-state index is 11.8. The Morgan fingerprint density at radius 3 is 2.29 bits per heavy atom. The molecule has 0 aliphatic heterocycles. The zero-order chi connectivity index (χ0) is 23.0. The molecule has 5 N–H and O–H groups in total. The molecular weight excluding hydrogens is 400 g/mol. The van der Waals surface area contributed by atoms with Crippen molar-refractivity contribution in [3.63, 3.8) is 0 Å². The van der Waals surface area contributed by atoms with E-state index >= 15 is 0 Å². The molecule has 0 spiro atoms. The van der Waals surface area contributed by atoms with E-state index < -0.39 is 17.9 Å². The number of methoxy groups -OCH3 is 1. The van der Waals surface area contributed by atoms with Gasteiger partial charge in [0.15, 0.2) is 0 Å². The number of hydrogen-bond acceptors (Lipinski definition) is 8. The first-order valence-corrected chi connectivity index (χ1v) is 9.15. The first kappa shape index (κ1) is 23.1. The average Bonchev–Trinajstić information content (AvgIpc) is 2.74. The Labute approximate surface area is 179 Å². The molecule has 1 atom stereocenters. The SMILES string of the molecule is C=C(N=C(/C=C(\C)N[C@@H](C)C(N)=O)C(N)=O)c1ccc(Oc2cnc(OC)cn2)cc1. The summed E-state index contributed by atoms with van der Waals surface area (Å²) in [5.74, 6) is -0.0642.